The van der Waals surface area contributed by atoms with E-state index in [2.05, 4.69) is 5.32 Å². The van der Waals surface area contributed by atoms with Gasteiger partial charge in [0.15, 0.2) is 0 Å². The smallest absolute Gasteiger partial charge is 0.264 e. The van der Waals surface area contributed by atoms with Crippen LogP contribution in [0.25, 0.3) is 0 Å². The van der Waals surface area contributed by atoms with Gasteiger partial charge in [0.25, 0.3) is 10.0 Å². The largest absolute Gasteiger partial charge is 0.457 e. The predicted molar refractivity (Wildman–Crippen MR) is 173 cm³/mol. The Labute approximate surface area is 260 Å². The molecule has 1 N–H and O–H groups in total. The summed E-state index contributed by atoms with van der Waals surface area (Å²) in [5, 5.41) is 2.94. The zero-order chi connectivity index (χ0) is 31.7. The van der Waals surface area contributed by atoms with E-state index in [0.29, 0.717) is 17.9 Å². The molecule has 4 aromatic carbocycles. The van der Waals surface area contributed by atoms with Crippen LogP contribution >= 0.6 is 0 Å². The van der Waals surface area contributed by atoms with Crippen LogP contribution in [0.1, 0.15) is 33.3 Å². The SMILES string of the molecule is C[C@@H](C(=O)NC(C)(C)C)N(CCc1ccccc1)C(=O)CN(c1ccc(Oc2ccccc2)cc1)S(=O)(=O)c1ccccc1. The van der Waals surface area contributed by atoms with Crippen LogP contribution in [0, 0.1) is 0 Å². The van der Waals surface area contributed by atoms with Crippen LogP contribution in [0.5, 0.6) is 11.5 Å². The number of nitrogens with zero attached hydrogens (tertiary/aromatic N) is 2. The Hall–Kier alpha value is -4.63. The van der Waals surface area contributed by atoms with Crippen molar-refractivity contribution >= 4 is 27.5 Å². The lowest BCUT2D eigenvalue weighted by molar-refractivity contribution is -0.139. The van der Waals surface area contributed by atoms with Crippen LogP contribution in [-0.2, 0) is 26.0 Å². The van der Waals surface area contributed by atoms with Crippen LogP contribution in [0.3, 0.4) is 0 Å². The minimum atomic E-state index is -4.15. The third-order valence-electron chi connectivity index (χ3n) is 6.86. The van der Waals surface area contributed by atoms with Crippen LogP contribution in [0.15, 0.2) is 120 Å². The molecule has 0 aliphatic heterocycles. The number of para-hydroxylation sites is 1. The van der Waals surface area contributed by atoms with Gasteiger partial charge < -0.3 is 15.0 Å². The highest BCUT2D eigenvalue weighted by Gasteiger charge is 2.33. The number of rotatable bonds is 12. The van der Waals surface area contributed by atoms with E-state index in [4.69, 9.17) is 4.74 Å². The van der Waals surface area contributed by atoms with E-state index < -0.39 is 34.1 Å². The molecule has 0 heterocycles. The zero-order valence-corrected chi connectivity index (χ0v) is 26.3. The van der Waals surface area contributed by atoms with E-state index in [-0.39, 0.29) is 23.0 Å². The predicted octanol–water partition coefficient (Wildman–Crippen LogP) is 6.05. The van der Waals surface area contributed by atoms with Gasteiger partial charge in [0, 0.05) is 12.1 Å². The van der Waals surface area contributed by atoms with Crippen LogP contribution in [-0.4, -0.2) is 49.8 Å². The molecule has 1 atom stereocenters. The minimum absolute atomic E-state index is 0.0479. The number of sulfonamides is 1. The van der Waals surface area contributed by atoms with E-state index in [1.165, 1.54) is 17.0 Å². The summed E-state index contributed by atoms with van der Waals surface area (Å²) >= 11 is 0. The fourth-order valence-electron chi connectivity index (χ4n) is 4.60. The Bertz CT molecular complexity index is 1620. The van der Waals surface area contributed by atoms with Crippen LogP contribution in [0.4, 0.5) is 5.69 Å². The first-order chi connectivity index (χ1) is 20.9. The van der Waals surface area contributed by atoms with E-state index in [1.807, 2.05) is 81.4 Å². The van der Waals surface area contributed by atoms with E-state index in [9.17, 15) is 18.0 Å². The molecule has 4 rings (SSSR count). The van der Waals surface area contributed by atoms with Gasteiger partial charge in [-0.25, -0.2) is 8.42 Å². The summed E-state index contributed by atoms with van der Waals surface area (Å²) in [5.41, 5.74) is 0.778. The highest BCUT2D eigenvalue weighted by molar-refractivity contribution is 7.92. The number of amides is 2. The summed E-state index contributed by atoms with van der Waals surface area (Å²) < 4.78 is 34.9. The highest BCUT2D eigenvalue weighted by atomic mass is 32.2. The summed E-state index contributed by atoms with van der Waals surface area (Å²) in [6, 6.07) is 32.6. The summed E-state index contributed by atoms with van der Waals surface area (Å²) in [4.78, 5) is 28.8. The third kappa shape index (κ3) is 8.70. The van der Waals surface area contributed by atoms with Crippen LogP contribution < -0.4 is 14.4 Å². The van der Waals surface area contributed by atoms with E-state index >= 15 is 0 Å². The van der Waals surface area contributed by atoms with Gasteiger partial charge >= 0.3 is 0 Å². The Kier molecular flexibility index (Phi) is 10.4. The van der Waals surface area contributed by atoms with Crippen molar-refractivity contribution < 1.29 is 22.7 Å². The Balaban J connectivity index is 1.66. The minimum Gasteiger partial charge on any atom is -0.457 e. The molecule has 0 saturated carbocycles. The number of ether oxygens (including phenoxy) is 1. The number of hydrogen-bond acceptors (Lipinski definition) is 5. The van der Waals surface area contributed by atoms with Crippen molar-refractivity contribution in [1.29, 1.82) is 0 Å². The molecule has 0 spiro atoms. The first kappa shape index (κ1) is 32.3. The standard InChI is InChI=1S/C35H39N3O5S/c1-27(34(40)36-35(2,3)4)37(25-24-28-14-8-5-9-15-28)33(39)26-38(44(41,42)32-18-12-7-13-19-32)29-20-22-31(23-21-29)43-30-16-10-6-11-17-30/h5-23,27H,24-26H2,1-4H3,(H,36,40)/t27-/m0/s1. The third-order valence-corrected chi connectivity index (χ3v) is 8.65. The summed E-state index contributed by atoms with van der Waals surface area (Å²) in [6.07, 6.45) is 0.497. The number of anilines is 1. The molecule has 8 nitrogen and oxygen atoms in total. The quantitative estimate of drug-likeness (QED) is 0.210. The van der Waals surface area contributed by atoms with Crippen molar-refractivity contribution in [3.63, 3.8) is 0 Å². The Morgan fingerprint density at radius 3 is 1.86 bits per heavy atom. The topological polar surface area (TPSA) is 96.0 Å². The van der Waals surface area contributed by atoms with Gasteiger partial charge in [-0.05, 0) is 88.2 Å². The molecule has 0 aromatic heterocycles. The monoisotopic (exact) mass is 613 g/mol. The van der Waals surface area contributed by atoms with Crippen molar-refractivity contribution in [3.8, 4) is 11.5 Å². The Morgan fingerprint density at radius 1 is 0.773 bits per heavy atom. The molecular weight excluding hydrogens is 574 g/mol. The van der Waals surface area contributed by atoms with Crippen molar-refractivity contribution in [2.24, 2.45) is 0 Å². The number of carbonyl (C=O) groups is 2. The molecule has 0 unspecified atom stereocenters. The average Bonchev–Trinajstić information content (AvgIpc) is 3.01. The molecule has 2 amide bonds. The molecule has 44 heavy (non-hydrogen) atoms. The lowest BCUT2D eigenvalue weighted by Gasteiger charge is -2.33. The van der Waals surface area contributed by atoms with Crippen molar-refractivity contribution in [1.82, 2.24) is 10.2 Å². The Morgan fingerprint density at radius 2 is 1.30 bits per heavy atom. The van der Waals surface area contributed by atoms with E-state index in [0.717, 1.165) is 9.87 Å². The molecule has 0 saturated heterocycles. The molecule has 0 radical (unpaired) electrons. The number of nitrogens with one attached hydrogen (secondary N) is 1. The van der Waals surface area contributed by atoms with E-state index in [1.54, 1.807) is 49.4 Å². The number of hydrogen-bond donors (Lipinski definition) is 1. The number of carbonyl (C=O) groups excluding carboxylic acids is 2. The van der Waals surface area contributed by atoms with Gasteiger partial charge in [-0.1, -0.05) is 66.7 Å². The number of benzene rings is 4. The second kappa shape index (κ2) is 14.2. The van der Waals surface area contributed by atoms with Gasteiger partial charge in [0.1, 0.15) is 24.1 Å². The summed E-state index contributed by atoms with van der Waals surface area (Å²) in [5.74, 6) is 0.335. The molecule has 0 bridgehead atoms. The second-order valence-corrected chi connectivity index (χ2v) is 13.3. The molecule has 4 aromatic rings. The normalized spacial score (nSPS) is 12.2. The van der Waals surface area contributed by atoms with Crippen LogP contribution in [0.2, 0.25) is 0 Å². The molecular formula is C35H39N3O5S. The maximum Gasteiger partial charge on any atom is 0.264 e. The van der Waals surface area contributed by atoms with Gasteiger partial charge in [0.2, 0.25) is 11.8 Å². The fraction of sp³-hybridized carbons (Fsp3) is 0.257. The van der Waals surface area contributed by atoms with Crippen molar-refractivity contribution in [3.05, 3.63) is 121 Å². The van der Waals surface area contributed by atoms with Gasteiger partial charge in [-0.3, -0.25) is 13.9 Å². The zero-order valence-electron chi connectivity index (χ0n) is 25.5. The fourth-order valence-corrected chi connectivity index (χ4v) is 6.03. The lowest BCUT2D eigenvalue weighted by atomic mass is 10.1. The van der Waals surface area contributed by atoms with Gasteiger partial charge in [-0.15, -0.1) is 0 Å². The van der Waals surface area contributed by atoms with Gasteiger partial charge in [0.05, 0.1) is 10.6 Å². The molecule has 230 valence electrons. The molecule has 0 aliphatic rings. The van der Waals surface area contributed by atoms with Crippen molar-refractivity contribution in [2.75, 3.05) is 17.4 Å². The average molecular weight is 614 g/mol. The highest BCUT2D eigenvalue weighted by Crippen LogP contribution is 2.28. The second-order valence-electron chi connectivity index (χ2n) is 11.5. The summed E-state index contributed by atoms with van der Waals surface area (Å²) in [6.45, 7) is 6.99. The lowest BCUT2D eigenvalue weighted by Crippen LogP contribution is -2.55. The van der Waals surface area contributed by atoms with Gasteiger partial charge in [-0.2, -0.15) is 0 Å². The first-order valence-electron chi connectivity index (χ1n) is 14.5. The molecule has 0 aliphatic carbocycles. The maximum absolute atomic E-state index is 14.1. The summed E-state index contributed by atoms with van der Waals surface area (Å²) in [7, 11) is -4.15. The van der Waals surface area contributed by atoms with Crippen molar-refractivity contribution in [2.45, 2.75) is 50.6 Å². The molecule has 0 fully saturated rings. The molecule has 9 heteroatoms. The first-order valence-corrected chi connectivity index (χ1v) is 15.9. The maximum atomic E-state index is 14.1.